The number of pyridine rings is 5. The number of nitrogens with zero attached hydrogens (tertiary/aromatic N) is 6. The van der Waals surface area contributed by atoms with Crippen LogP contribution >= 0.6 is 0 Å². The summed E-state index contributed by atoms with van der Waals surface area (Å²) in [5.41, 5.74) is 5.11. The molecule has 3 aromatic carbocycles. The summed E-state index contributed by atoms with van der Waals surface area (Å²) in [5.74, 6) is -3.68. The summed E-state index contributed by atoms with van der Waals surface area (Å²) in [7, 11) is 0. The summed E-state index contributed by atoms with van der Waals surface area (Å²) in [6, 6.07) is 48.9. The number of benzene rings is 3. The minimum absolute atomic E-state index is 0. The third-order valence-electron chi connectivity index (χ3n) is 7.66. The zero-order valence-electron chi connectivity index (χ0n) is 34.9. The molecule has 8 aromatic rings. The second kappa shape index (κ2) is 33.0. The van der Waals surface area contributed by atoms with E-state index in [9.17, 15) is 22.4 Å². The monoisotopic (exact) mass is 1600 g/mol. The van der Waals surface area contributed by atoms with E-state index in [1.807, 2.05) is 91.9 Å². The molecule has 0 unspecified atom stereocenters. The van der Waals surface area contributed by atoms with Crippen LogP contribution in [0.2, 0.25) is 0 Å². The van der Waals surface area contributed by atoms with Gasteiger partial charge in [-0.15, -0.1) is 95.6 Å². The van der Waals surface area contributed by atoms with E-state index in [1.54, 1.807) is 42.7 Å². The molecule has 5 heterocycles. The largest absolute Gasteiger partial charge is 0.512 e. The van der Waals surface area contributed by atoms with Crippen molar-refractivity contribution in [2.45, 2.75) is 20.8 Å². The van der Waals surface area contributed by atoms with Gasteiger partial charge in [0.15, 0.2) is 11.5 Å². The third-order valence-corrected chi connectivity index (χ3v) is 7.66. The quantitative estimate of drug-likeness (QED) is 0.0601. The molecule has 0 amide bonds. The van der Waals surface area contributed by atoms with Crippen molar-refractivity contribution >= 4 is 11.5 Å². The van der Waals surface area contributed by atoms with E-state index in [1.165, 1.54) is 32.3 Å². The van der Waals surface area contributed by atoms with E-state index >= 15 is 0 Å². The number of ketones is 1. The van der Waals surface area contributed by atoms with Crippen LogP contribution in [-0.4, -0.2) is 35.8 Å². The molecular weight excluding hydrogens is 1560 g/mol. The number of halogens is 4. The van der Waals surface area contributed by atoms with Gasteiger partial charge in [0.2, 0.25) is 0 Å². The van der Waals surface area contributed by atoms with Crippen molar-refractivity contribution in [3.63, 3.8) is 0 Å². The number of hydrogen-bond donors (Lipinski definition) is 1. The van der Waals surface area contributed by atoms with Crippen molar-refractivity contribution < 1.29 is 108 Å². The van der Waals surface area contributed by atoms with Gasteiger partial charge < -0.3 is 25.0 Å². The van der Waals surface area contributed by atoms with Crippen LogP contribution in [0.3, 0.4) is 0 Å². The molecule has 8 rings (SSSR count). The number of carbonyl (C=O) groups is 1. The van der Waals surface area contributed by atoms with Crippen LogP contribution in [0.4, 0.5) is 23.2 Å². The molecule has 0 spiro atoms. The molecule has 66 heavy (non-hydrogen) atoms. The van der Waals surface area contributed by atoms with Gasteiger partial charge in [-0.2, -0.15) is 0 Å². The van der Waals surface area contributed by atoms with Gasteiger partial charge in [-0.05, 0) is 67.8 Å². The Hall–Kier alpha value is -5.57. The van der Waals surface area contributed by atoms with E-state index in [4.69, 9.17) is 11.7 Å². The Balaban J connectivity index is 0.000000805. The van der Waals surface area contributed by atoms with Gasteiger partial charge in [-0.25, -0.2) is 8.78 Å². The van der Waals surface area contributed by atoms with Crippen molar-refractivity contribution in [1.82, 2.24) is 24.9 Å². The van der Waals surface area contributed by atoms with E-state index in [2.05, 4.69) is 54.0 Å². The first-order valence-electron chi connectivity index (χ1n) is 18.5. The first-order chi connectivity index (χ1) is 30.0. The summed E-state index contributed by atoms with van der Waals surface area (Å²) < 4.78 is 52.5. The van der Waals surface area contributed by atoms with Crippen LogP contribution in [0.15, 0.2) is 164 Å². The molecular formula is C50H36F4Ir4N6O2-4. The number of rotatable bonds is 5. The molecule has 8 nitrogen and oxygen atoms in total. The van der Waals surface area contributed by atoms with Crippen LogP contribution in [0.25, 0.3) is 49.9 Å². The number of allylic oxidation sites excluding steroid dienone is 2. The molecule has 0 atom stereocenters. The van der Waals surface area contributed by atoms with Gasteiger partial charge in [-0.1, -0.05) is 59.7 Å². The molecule has 0 saturated carbocycles. The van der Waals surface area contributed by atoms with Crippen molar-refractivity contribution in [3.8, 4) is 45.0 Å². The Kier molecular flexibility index (Phi) is 30.2. The standard InChI is InChI=1S/C13H7F2N2.2C11H8N.C10H5F2N2.C5H8O2.4Ir/c1-8-5-6-17-11(7-8)9-3-4-10(14)13(16-2)12(9)15;2*1-2-6-10(7-3-1)11-8-4-5-9-12-11;11-9-5-4-7(10(12)14-9)8-3-1-2-6-13-8;1-4(6)3-5(2)7;;;;/h4-7H,1H3;2*1-6,8-9H;1-3,5-6H;3,6H,1-2H3;;;;/q4*-1;;;;;. The summed E-state index contributed by atoms with van der Waals surface area (Å²) in [5, 5.41) is 8.36. The fourth-order valence-corrected chi connectivity index (χ4v) is 4.96. The van der Waals surface area contributed by atoms with E-state index < -0.39 is 29.2 Å². The third kappa shape index (κ3) is 20.7. The zero-order chi connectivity index (χ0) is 44.7. The average molecular weight is 1600 g/mol. The minimum Gasteiger partial charge on any atom is -0.512 e. The zero-order valence-corrected chi connectivity index (χ0v) is 44.5. The smallest absolute Gasteiger partial charge is 0.176 e. The molecule has 0 aliphatic carbocycles. The number of aryl methyl sites for hydroxylation is 1. The molecule has 0 bridgehead atoms. The predicted molar refractivity (Wildman–Crippen MR) is 230 cm³/mol. The van der Waals surface area contributed by atoms with Crippen LogP contribution in [0, 0.1) is 61.3 Å². The van der Waals surface area contributed by atoms with Crippen LogP contribution in [0.5, 0.6) is 0 Å². The Morgan fingerprint density at radius 2 is 1.11 bits per heavy atom. The van der Waals surface area contributed by atoms with Crippen LogP contribution in [0.1, 0.15) is 19.4 Å². The van der Waals surface area contributed by atoms with E-state index in [0.29, 0.717) is 11.4 Å². The summed E-state index contributed by atoms with van der Waals surface area (Å²) in [4.78, 5) is 32.2. The van der Waals surface area contributed by atoms with E-state index in [0.717, 1.165) is 40.2 Å². The van der Waals surface area contributed by atoms with Crippen molar-refractivity contribution in [1.29, 1.82) is 0 Å². The molecule has 1 N–H and O–H groups in total. The normalized spacial score (nSPS) is 9.45. The fourth-order valence-electron chi connectivity index (χ4n) is 4.96. The first kappa shape index (κ1) is 60.4. The molecule has 0 saturated heterocycles. The summed E-state index contributed by atoms with van der Waals surface area (Å²) >= 11 is 0. The second-order valence-corrected chi connectivity index (χ2v) is 12.5. The fraction of sp³-hybridized carbons (Fsp3) is 0.0600. The number of aliphatic hydroxyl groups is 1. The van der Waals surface area contributed by atoms with Gasteiger partial charge in [0.05, 0.1) is 12.3 Å². The maximum Gasteiger partial charge on any atom is 0.176 e. The number of hydrogen-bond acceptors (Lipinski definition) is 7. The number of aliphatic hydroxyl groups excluding tert-OH is 1. The van der Waals surface area contributed by atoms with Crippen molar-refractivity contribution in [2.24, 2.45) is 0 Å². The first-order valence-corrected chi connectivity index (χ1v) is 18.5. The molecule has 4 radical (unpaired) electrons. The van der Waals surface area contributed by atoms with Gasteiger partial charge in [0.25, 0.3) is 0 Å². The van der Waals surface area contributed by atoms with Gasteiger partial charge in [-0.3, -0.25) is 23.4 Å². The average Bonchev–Trinajstić information content (AvgIpc) is 3.28. The van der Waals surface area contributed by atoms with Gasteiger partial charge in [0.1, 0.15) is 11.9 Å². The van der Waals surface area contributed by atoms with E-state index in [-0.39, 0.29) is 103 Å². The Bertz CT molecular complexity index is 2550. The summed E-state index contributed by atoms with van der Waals surface area (Å²) in [6.07, 6.45) is 7.79. The minimum atomic E-state index is -0.918. The maximum absolute atomic E-state index is 13.8. The molecule has 0 aliphatic rings. The topological polar surface area (TPSA) is 106 Å². The number of carbonyl (C=O) groups excluding carboxylic acids is 1. The van der Waals surface area contributed by atoms with Gasteiger partial charge in [0, 0.05) is 123 Å². The predicted octanol–water partition coefficient (Wildman–Crippen LogP) is 12.0. The van der Waals surface area contributed by atoms with Gasteiger partial charge >= 0.3 is 0 Å². The van der Waals surface area contributed by atoms with Crippen molar-refractivity contribution in [2.75, 3.05) is 0 Å². The Labute approximate surface area is 435 Å². The molecule has 5 aromatic heterocycles. The Morgan fingerprint density at radius 3 is 1.50 bits per heavy atom. The van der Waals surface area contributed by atoms with Crippen molar-refractivity contribution in [3.05, 3.63) is 229 Å². The molecule has 0 aliphatic heterocycles. The van der Waals surface area contributed by atoms with Crippen LogP contribution < -0.4 is 0 Å². The Morgan fingerprint density at radius 1 is 0.621 bits per heavy atom. The second-order valence-electron chi connectivity index (χ2n) is 12.5. The number of aromatic nitrogens is 5. The molecule has 346 valence electrons. The SMILES string of the molecule is CC(=O)C=C(C)O.Fc1c[c-]c(-c2ccccn2)c(F)n1.[C-]#[N+]c1c(F)c[c-]c(-c2cc(C)ccn2)c1F.[Ir].[Ir].[Ir].[Ir].[c-]1ccccc1-c1ccccn1.[c-]1ccccc1-c1ccccn1. The maximum atomic E-state index is 13.8. The molecule has 0 fully saturated rings. The van der Waals surface area contributed by atoms with Crippen LogP contribution in [-0.2, 0) is 85.2 Å². The molecule has 16 heteroatoms. The summed E-state index contributed by atoms with van der Waals surface area (Å²) in [6.45, 7) is 11.4.